The van der Waals surface area contributed by atoms with Crippen LogP contribution in [0.15, 0.2) is 60.7 Å². The van der Waals surface area contributed by atoms with E-state index in [1.807, 2.05) is 30.3 Å². The van der Waals surface area contributed by atoms with Crippen LogP contribution < -0.4 is 0 Å². The lowest BCUT2D eigenvalue weighted by Gasteiger charge is -2.40. The molecule has 2 unspecified atom stereocenters. The zero-order valence-corrected chi connectivity index (χ0v) is 14.6. The molecule has 2 nitrogen and oxygen atoms in total. The standard InChI is InChI=1S/C22H29NO/c1-23-20(16-15-18-9-4-2-5-10-18)13-8-14-21(23)17-22(24)19-11-6-3-7-12-19/h2-7,9-12,20-22,24H,8,13-17H2,1H3/t20-,21?,22?/m1/s1. The molecule has 1 heterocycles. The van der Waals surface area contributed by atoms with Gasteiger partial charge in [-0.3, -0.25) is 0 Å². The van der Waals surface area contributed by atoms with Gasteiger partial charge in [-0.15, -0.1) is 0 Å². The van der Waals surface area contributed by atoms with Crippen LogP contribution in [0.3, 0.4) is 0 Å². The Kier molecular flexibility index (Phi) is 6.06. The van der Waals surface area contributed by atoms with Crippen molar-refractivity contribution in [2.24, 2.45) is 0 Å². The first-order valence-corrected chi connectivity index (χ1v) is 9.23. The number of nitrogens with zero attached hydrogens (tertiary/aromatic N) is 1. The number of aliphatic hydroxyl groups excluding tert-OH is 1. The molecule has 24 heavy (non-hydrogen) atoms. The molecule has 1 aliphatic rings. The Morgan fingerprint density at radius 1 is 0.958 bits per heavy atom. The highest BCUT2D eigenvalue weighted by Crippen LogP contribution is 2.30. The van der Waals surface area contributed by atoms with E-state index in [1.165, 1.54) is 31.2 Å². The van der Waals surface area contributed by atoms with Crippen molar-refractivity contribution in [3.8, 4) is 0 Å². The van der Waals surface area contributed by atoms with Gasteiger partial charge in [-0.2, -0.15) is 0 Å². The van der Waals surface area contributed by atoms with Crippen LogP contribution >= 0.6 is 0 Å². The van der Waals surface area contributed by atoms with E-state index < -0.39 is 0 Å². The molecule has 0 amide bonds. The molecule has 1 N–H and O–H groups in total. The second kappa shape index (κ2) is 8.46. The molecule has 0 aliphatic carbocycles. The fraction of sp³-hybridized carbons (Fsp3) is 0.455. The molecule has 2 aromatic carbocycles. The van der Waals surface area contributed by atoms with Crippen LogP contribution in [0.1, 0.15) is 49.3 Å². The van der Waals surface area contributed by atoms with E-state index in [2.05, 4.69) is 42.3 Å². The van der Waals surface area contributed by atoms with Gasteiger partial charge in [0.2, 0.25) is 0 Å². The normalized spacial score (nSPS) is 23.1. The van der Waals surface area contributed by atoms with Gasteiger partial charge in [0.15, 0.2) is 0 Å². The fourth-order valence-electron chi connectivity index (χ4n) is 3.97. The van der Waals surface area contributed by atoms with Crippen LogP contribution in [-0.4, -0.2) is 29.1 Å². The number of benzene rings is 2. The number of piperidine rings is 1. The van der Waals surface area contributed by atoms with Crippen molar-refractivity contribution >= 4 is 0 Å². The van der Waals surface area contributed by atoms with Gasteiger partial charge in [-0.25, -0.2) is 0 Å². The Morgan fingerprint density at radius 3 is 2.29 bits per heavy atom. The van der Waals surface area contributed by atoms with Crippen LogP contribution in [0, 0.1) is 0 Å². The van der Waals surface area contributed by atoms with Crippen LogP contribution in [0.5, 0.6) is 0 Å². The van der Waals surface area contributed by atoms with Crippen molar-refractivity contribution in [3.63, 3.8) is 0 Å². The van der Waals surface area contributed by atoms with E-state index in [9.17, 15) is 5.11 Å². The third-order valence-electron chi connectivity index (χ3n) is 5.52. The molecular formula is C22H29NO. The van der Waals surface area contributed by atoms with Gasteiger partial charge in [-0.05, 0) is 50.3 Å². The van der Waals surface area contributed by atoms with Gasteiger partial charge < -0.3 is 10.0 Å². The Hall–Kier alpha value is -1.64. The molecule has 3 rings (SSSR count). The third-order valence-corrected chi connectivity index (χ3v) is 5.52. The summed E-state index contributed by atoms with van der Waals surface area (Å²) in [4.78, 5) is 2.53. The highest BCUT2D eigenvalue weighted by Gasteiger charge is 2.29. The Morgan fingerprint density at radius 2 is 1.58 bits per heavy atom. The second-order valence-electron chi connectivity index (χ2n) is 7.09. The minimum Gasteiger partial charge on any atom is -0.388 e. The second-order valence-corrected chi connectivity index (χ2v) is 7.09. The molecule has 0 saturated carbocycles. The zero-order valence-electron chi connectivity index (χ0n) is 14.6. The van der Waals surface area contributed by atoms with Crippen molar-refractivity contribution in [1.82, 2.24) is 4.90 Å². The van der Waals surface area contributed by atoms with Crippen LogP contribution in [0.25, 0.3) is 0 Å². The van der Waals surface area contributed by atoms with Crippen LogP contribution in [0.2, 0.25) is 0 Å². The smallest absolute Gasteiger partial charge is 0.0805 e. The van der Waals surface area contributed by atoms with E-state index in [4.69, 9.17) is 0 Å². The van der Waals surface area contributed by atoms with Gasteiger partial charge in [0.1, 0.15) is 0 Å². The average Bonchev–Trinajstić information content (AvgIpc) is 2.64. The number of likely N-dealkylation sites (tertiary alicyclic amines) is 1. The number of hydrogen-bond donors (Lipinski definition) is 1. The molecule has 1 saturated heterocycles. The summed E-state index contributed by atoms with van der Waals surface area (Å²) < 4.78 is 0. The largest absolute Gasteiger partial charge is 0.388 e. The minimum atomic E-state index is -0.355. The zero-order chi connectivity index (χ0) is 16.8. The summed E-state index contributed by atoms with van der Waals surface area (Å²) in [7, 11) is 2.25. The van der Waals surface area contributed by atoms with Crippen LogP contribution in [0.4, 0.5) is 0 Å². The lowest BCUT2D eigenvalue weighted by molar-refractivity contribution is 0.0585. The van der Waals surface area contributed by atoms with Crippen molar-refractivity contribution < 1.29 is 5.11 Å². The molecule has 1 aliphatic heterocycles. The van der Waals surface area contributed by atoms with Gasteiger partial charge in [-0.1, -0.05) is 67.1 Å². The summed E-state index contributed by atoms with van der Waals surface area (Å²) in [5.41, 5.74) is 2.47. The summed E-state index contributed by atoms with van der Waals surface area (Å²) in [5.74, 6) is 0. The van der Waals surface area contributed by atoms with Crippen LogP contribution in [-0.2, 0) is 6.42 Å². The van der Waals surface area contributed by atoms with Crippen molar-refractivity contribution in [2.75, 3.05) is 7.05 Å². The molecule has 3 atom stereocenters. The number of rotatable bonds is 6. The number of hydrogen-bond acceptors (Lipinski definition) is 2. The highest BCUT2D eigenvalue weighted by atomic mass is 16.3. The lowest BCUT2D eigenvalue weighted by atomic mass is 9.88. The predicted octanol–water partition coefficient (Wildman–Crippen LogP) is 4.60. The summed E-state index contributed by atoms with van der Waals surface area (Å²) in [6.07, 6.45) is 6.58. The van der Waals surface area contributed by atoms with E-state index in [0.717, 1.165) is 18.4 Å². The molecule has 128 valence electrons. The average molecular weight is 323 g/mol. The Bertz CT molecular complexity index is 598. The highest BCUT2D eigenvalue weighted by molar-refractivity contribution is 5.17. The van der Waals surface area contributed by atoms with Crippen molar-refractivity contribution in [1.29, 1.82) is 0 Å². The maximum Gasteiger partial charge on any atom is 0.0805 e. The van der Waals surface area contributed by atoms with Gasteiger partial charge >= 0.3 is 0 Å². The number of aliphatic hydroxyl groups is 1. The maximum atomic E-state index is 10.6. The molecule has 0 bridgehead atoms. The molecule has 0 aromatic heterocycles. The molecule has 2 aromatic rings. The summed E-state index contributed by atoms with van der Waals surface area (Å²) in [5, 5.41) is 10.6. The summed E-state index contributed by atoms with van der Waals surface area (Å²) in [6.45, 7) is 0. The first kappa shape index (κ1) is 17.2. The van der Waals surface area contributed by atoms with Gasteiger partial charge in [0.25, 0.3) is 0 Å². The van der Waals surface area contributed by atoms with E-state index >= 15 is 0 Å². The lowest BCUT2D eigenvalue weighted by Crippen LogP contribution is -2.44. The maximum absolute atomic E-state index is 10.6. The number of aryl methyl sites for hydroxylation is 1. The van der Waals surface area contributed by atoms with Crippen molar-refractivity contribution in [3.05, 3.63) is 71.8 Å². The fourth-order valence-corrected chi connectivity index (χ4v) is 3.97. The SMILES string of the molecule is CN1C(CC(O)c2ccccc2)CCC[C@@H]1CCc1ccccc1. The predicted molar refractivity (Wildman–Crippen MR) is 100.0 cm³/mol. The van der Waals surface area contributed by atoms with Crippen molar-refractivity contribution in [2.45, 2.75) is 56.7 Å². The molecule has 0 radical (unpaired) electrons. The van der Waals surface area contributed by atoms with Gasteiger partial charge in [0, 0.05) is 12.1 Å². The van der Waals surface area contributed by atoms with E-state index in [-0.39, 0.29) is 6.10 Å². The summed E-state index contributed by atoms with van der Waals surface area (Å²) in [6, 6.07) is 22.0. The molecule has 2 heteroatoms. The molecule has 0 spiro atoms. The van der Waals surface area contributed by atoms with Gasteiger partial charge in [0.05, 0.1) is 6.10 Å². The molecule has 1 fully saturated rings. The topological polar surface area (TPSA) is 23.5 Å². The first-order valence-electron chi connectivity index (χ1n) is 9.23. The minimum absolute atomic E-state index is 0.355. The summed E-state index contributed by atoms with van der Waals surface area (Å²) >= 11 is 0. The first-order chi connectivity index (χ1) is 11.7. The Labute approximate surface area is 146 Å². The third kappa shape index (κ3) is 4.46. The van der Waals surface area contributed by atoms with E-state index in [1.54, 1.807) is 0 Å². The molecular weight excluding hydrogens is 294 g/mol. The monoisotopic (exact) mass is 323 g/mol. The van der Waals surface area contributed by atoms with E-state index in [0.29, 0.717) is 12.1 Å². The Balaban J connectivity index is 1.55. The quantitative estimate of drug-likeness (QED) is 0.840.